The van der Waals surface area contributed by atoms with Crippen LogP contribution in [0.1, 0.15) is 66.9 Å². The normalized spacial score (nSPS) is 19.5. The first-order chi connectivity index (χ1) is 20.0. The van der Waals surface area contributed by atoms with E-state index in [0.29, 0.717) is 30.6 Å². The van der Waals surface area contributed by atoms with E-state index in [1.54, 1.807) is 13.2 Å². The third kappa shape index (κ3) is 5.15. The molecule has 2 aliphatic carbocycles. The molecule has 0 spiro atoms. The fourth-order valence-electron chi connectivity index (χ4n) is 6.48. The van der Waals surface area contributed by atoms with Crippen molar-refractivity contribution in [1.29, 1.82) is 0 Å². The Bertz CT molecular complexity index is 1420. The van der Waals surface area contributed by atoms with Crippen LogP contribution in [0.2, 0.25) is 0 Å². The van der Waals surface area contributed by atoms with Crippen LogP contribution in [0, 0.1) is 0 Å². The van der Waals surface area contributed by atoms with Crippen molar-refractivity contribution in [3.63, 3.8) is 0 Å². The van der Waals surface area contributed by atoms with Crippen LogP contribution in [0.15, 0.2) is 36.4 Å². The lowest BCUT2D eigenvalue weighted by Crippen LogP contribution is -2.26. The van der Waals surface area contributed by atoms with Gasteiger partial charge in [-0.3, -0.25) is 5.32 Å². The van der Waals surface area contributed by atoms with Gasteiger partial charge in [-0.1, -0.05) is 13.0 Å². The molecule has 3 aromatic rings. The minimum atomic E-state index is -0.807. The molecule has 0 aromatic heterocycles. The van der Waals surface area contributed by atoms with E-state index in [-0.39, 0.29) is 17.8 Å². The number of ether oxygens (including phenoxy) is 5. The number of aliphatic hydroxyl groups excluding tert-OH is 1. The molecule has 3 N–H and O–H groups in total. The van der Waals surface area contributed by atoms with Gasteiger partial charge in [0.2, 0.25) is 5.75 Å². The molecule has 8 nitrogen and oxygen atoms in total. The van der Waals surface area contributed by atoms with Crippen LogP contribution < -0.4 is 29.0 Å². The molecule has 1 saturated carbocycles. The van der Waals surface area contributed by atoms with E-state index < -0.39 is 6.10 Å². The minimum Gasteiger partial charge on any atom is -0.502 e. The number of phenolic OH excluding ortho intramolecular Hbond substituents is 1. The second-order valence-electron chi connectivity index (χ2n) is 11.0. The quantitative estimate of drug-likeness (QED) is 0.228. The van der Waals surface area contributed by atoms with Gasteiger partial charge in [0.1, 0.15) is 24.0 Å². The summed E-state index contributed by atoms with van der Waals surface area (Å²) in [4.78, 5) is 0. The van der Waals surface area contributed by atoms with Crippen LogP contribution in [-0.4, -0.2) is 50.4 Å². The molecular weight excluding hydrogens is 522 g/mol. The molecule has 0 radical (unpaired) electrons. The average molecular weight is 562 g/mol. The number of aliphatic hydroxyl groups is 1. The molecular formula is C33H39NO7. The maximum atomic E-state index is 11.9. The Labute approximate surface area is 241 Å². The monoisotopic (exact) mass is 561 g/mol. The number of hydrogen-bond acceptors (Lipinski definition) is 8. The summed E-state index contributed by atoms with van der Waals surface area (Å²) >= 11 is 0. The van der Waals surface area contributed by atoms with Gasteiger partial charge in [-0.2, -0.15) is 0 Å². The SMILES string of the molecule is CCNCOc1cc(OC)c2c(c1)-c1ccc3c(c1CC2)[C@@H](O)[C@H](c1cc(OC)c(O)c(OC2CCCC2)c1)CO3. The summed E-state index contributed by atoms with van der Waals surface area (Å²) in [6, 6.07) is 11.6. The molecule has 0 amide bonds. The first kappa shape index (κ1) is 27.5. The van der Waals surface area contributed by atoms with Gasteiger partial charge in [-0.25, -0.2) is 0 Å². The fourth-order valence-corrected chi connectivity index (χ4v) is 6.48. The van der Waals surface area contributed by atoms with Crippen LogP contribution in [0.3, 0.4) is 0 Å². The number of aromatic hydroxyl groups is 1. The lowest BCUT2D eigenvalue weighted by atomic mass is 9.77. The van der Waals surface area contributed by atoms with Gasteiger partial charge >= 0.3 is 0 Å². The smallest absolute Gasteiger partial charge is 0.200 e. The standard InChI is InChI=1S/C33H39NO7/c1-4-34-18-40-21-15-25-22-11-12-27-31(24(22)10-9-23(25)28(16-21)37-2)32(35)26(17-39-27)19-13-29(38-3)33(36)30(14-19)41-20-7-5-6-8-20/h11-16,20,26,32,34-36H,4-10,17-18H2,1-3H3/t26-,32-/m0/s1. The Morgan fingerprint density at radius 1 is 0.927 bits per heavy atom. The summed E-state index contributed by atoms with van der Waals surface area (Å²) in [7, 11) is 3.21. The maximum Gasteiger partial charge on any atom is 0.200 e. The first-order valence-corrected chi connectivity index (χ1v) is 14.6. The van der Waals surface area contributed by atoms with E-state index in [0.717, 1.165) is 89.9 Å². The van der Waals surface area contributed by atoms with Gasteiger partial charge in [0, 0.05) is 23.1 Å². The summed E-state index contributed by atoms with van der Waals surface area (Å²) in [6.07, 6.45) is 4.98. The van der Waals surface area contributed by atoms with E-state index in [2.05, 4.69) is 17.4 Å². The maximum absolute atomic E-state index is 11.9. The molecule has 1 heterocycles. The summed E-state index contributed by atoms with van der Waals surface area (Å²) in [6.45, 7) is 3.56. The Hall–Kier alpha value is -3.62. The highest BCUT2D eigenvalue weighted by Crippen LogP contribution is 2.51. The third-order valence-corrected chi connectivity index (χ3v) is 8.63. The van der Waals surface area contributed by atoms with E-state index >= 15 is 0 Å². The molecule has 1 aliphatic heterocycles. The van der Waals surface area contributed by atoms with E-state index in [1.807, 2.05) is 25.1 Å². The number of rotatable bonds is 9. The van der Waals surface area contributed by atoms with E-state index in [4.69, 9.17) is 23.7 Å². The van der Waals surface area contributed by atoms with Gasteiger partial charge in [0.15, 0.2) is 11.5 Å². The van der Waals surface area contributed by atoms with E-state index in [1.165, 1.54) is 7.11 Å². The predicted octanol–water partition coefficient (Wildman–Crippen LogP) is 5.65. The van der Waals surface area contributed by atoms with Gasteiger partial charge in [-0.05, 0) is 91.6 Å². The van der Waals surface area contributed by atoms with Crippen molar-refractivity contribution in [3.8, 4) is 45.6 Å². The van der Waals surface area contributed by atoms with Crippen LogP contribution in [0.25, 0.3) is 11.1 Å². The van der Waals surface area contributed by atoms with Crippen LogP contribution in [0.5, 0.6) is 34.5 Å². The van der Waals surface area contributed by atoms with Gasteiger partial charge < -0.3 is 33.9 Å². The molecule has 1 fully saturated rings. The van der Waals surface area contributed by atoms with Crippen LogP contribution in [0.4, 0.5) is 0 Å². The minimum absolute atomic E-state index is 0.00939. The van der Waals surface area contributed by atoms with Crippen LogP contribution >= 0.6 is 0 Å². The zero-order valence-electron chi connectivity index (χ0n) is 24.0. The summed E-state index contributed by atoms with van der Waals surface area (Å²) < 4.78 is 29.7. The summed E-state index contributed by atoms with van der Waals surface area (Å²) in [5.41, 5.74) is 5.93. The van der Waals surface area contributed by atoms with Gasteiger partial charge in [0.25, 0.3) is 0 Å². The van der Waals surface area contributed by atoms with Crippen molar-refractivity contribution in [2.45, 2.75) is 63.6 Å². The number of hydrogen-bond donors (Lipinski definition) is 3. The first-order valence-electron chi connectivity index (χ1n) is 14.6. The van der Waals surface area contributed by atoms with Gasteiger partial charge in [-0.15, -0.1) is 0 Å². The number of nitrogens with one attached hydrogen (secondary N) is 1. The highest BCUT2D eigenvalue weighted by atomic mass is 16.5. The number of benzene rings is 3. The molecule has 0 unspecified atom stereocenters. The molecule has 218 valence electrons. The molecule has 41 heavy (non-hydrogen) atoms. The summed E-state index contributed by atoms with van der Waals surface area (Å²) in [5, 5.41) is 25.9. The number of fused-ring (bicyclic) bond motifs is 5. The zero-order chi connectivity index (χ0) is 28.5. The van der Waals surface area contributed by atoms with Crippen molar-refractivity contribution < 1.29 is 33.9 Å². The van der Waals surface area contributed by atoms with Gasteiger partial charge in [0.05, 0.1) is 33.0 Å². The summed E-state index contributed by atoms with van der Waals surface area (Å²) in [5.74, 6) is 2.59. The molecule has 3 aliphatic rings. The molecule has 0 bridgehead atoms. The molecule has 8 heteroatoms. The van der Waals surface area contributed by atoms with Crippen molar-refractivity contribution in [2.75, 3.05) is 34.1 Å². The lowest BCUT2D eigenvalue weighted by Gasteiger charge is -2.35. The number of phenols is 1. The average Bonchev–Trinajstić information content (AvgIpc) is 3.51. The van der Waals surface area contributed by atoms with E-state index in [9.17, 15) is 10.2 Å². The largest absolute Gasteiger partial charge is 0.502 e. The highest BCUT2D eigenvalue weighted by molar-refractivity contribution is 5.79. The Balaban J connectivity index is 1.37. The second kappa shape index (κ2) is 11.7. The third-order valence-electron chi connectivity index (χ3n) is 8.63. The Kier molecular flexibility index (Phi) is 7.86. The van der Waals surface area contributed by atoms with Crippen molar-refractivity contribution in [1.82, 2.24) is 5.32 Å². The van der Waals surface area contributed by atoms with Crippen molar-refractivity contribution in [2.24, 2.45) is 0 Å². The fraction of sp³-hybridized carbons (Fsp3) is 0.455. The Morgan fingerprint density at radius 2 is 1.68 bits per heavy atom. The second-order valence-corrected chi connectivity index (χ2v) is 11.0. The van der Waals surface area contributed by atoms with Crippen molar-refractivity contribution in [3.05, 3.63) is 58.7 Å². The molecule has 0 saturated heterocycles. The molecule has 2 atom stereocenters. The van der Waals surface area contributed by atoms with Crippen LogP contribution in [-0.2, 0) is 12.8 Å². The molecule has 3 aromatic carbocycles. The highest BCUT2D eigenvalue weighted by Gasteiger charge is 2.36. The lowest BCUT2D eigenvalue weighted by molar-refractivity contribution is 0.0876. The molecule has 6 rings (SSSR count). The Morgan fingerprint density at radius 3 is 2.44 bits per heavy atom. The zero-order valence-corrected chi connectivity index (χ0v) is 24.0. The number of methoxy groups -OCH3 is 2. The topological polar surface area (TPSA) is 98.6 Å². The van der Waals surface area contributed by atoms with Crippen molar-refractivity contribution >= 4 is 0 Å². The predicted molar refractivity (Wildman–Crippen MR) is 156 cm³/mol.